The van der Waals surface area contributed by atoms with Crippen molar-refractivity contribution in [2.75, 3.05) is 20.6 Å². The molecule has 0 saturated heterocycles. The average molecular weight is 296 g/mol. The third-order valence-electron chi connectivity index (χ3n) is 2.60. The van der Waals surface area contributed by atoms with Crippen LogP contribution in [0.15, 0.2) is 17.5 Å². The van der Waals surface area contributed by atoms with Gasteiger partial charge in [-0.2, -0.15) is 0 Å². The molecule has 0 aliphatic heterocycles. The maximum Gasteiger partial charge on any atom is 0.328 e. The van der Waals surface area contributed by atoms with Gasteiger partial charge in [0.1, 0.15) is 0 Å². The zero-order chi connectivity index (χ0) is 15.1. The number of amides is 2. The fourth-order valence-electron chi connectivity index (χ4n) is 1.45. The Morgan fingerprint density at radius 3 is 2.75 bits per heavy atom. The minimum atomic E-state index is -1.07. The smallest absolute Gasteiger partial charge is 0.328 e. The number of aliphatic carboxylic acids is 1. The minimum Gasteiger partial charge on any atom is -0.478 e. The van der Waals surface area contributed by atoms with Crippen LogP contribution in [0.3, 0.4) is 0 Å². The van der Waals surface area contributed by atoms with Crippen molar-refractivity contribution in [3.63, 3.8) is 0 Å². The Morgan fingerprint density at radius 2 is 2.15 bits per heavy atom. The number of rotatable bonds is 6. The molecular formula is C13H16N2O4S. The second-order valence-corrected chi connectivity index (χ2v) is 4.94. The van der Waals surface area contributed by atoms with Crippen molar-refractivity contribution >= 4 is 35.2 Å². The number of carbonyl (C=O) groups is 3. The molecule has 1 aromatic heterocycles. The van der Waals surface area contributed by atoms with Crippen LogP contribution in [-0.2, 0) is 9.59 Å². The van der Waals surface area contributed by atoms with Crippen molar-refractivity contribution in [3.05, 3.63) is 28.0 Å². The van der Waals surface area contributed by atoms with Gasteiger partial charge in [0.2, 0.25) is 5.91 Å². The lowest BCUT2D eigenvalue weighted by Gasteiger charge is -2.16. The summed E-state index contributed by atoms with van der Waals surface area (Å²) in [6.45, 7) is 0.304. The Bertz CT molecular complexity index is 536. The van der Waals surface area contributed by atoms with E-state index in [1.54, 1.807) is 18.5 Å². The third-order valence-corrected chi connectivity index (χ3v) is 3.51. The van der Waals surface area contributed by atoms with E-state index >= 15 is 0 Å². The summed E-state index contributed by atoms with van der Waals surface area (Å²) in [7, 11) is 3.15. The molecule has 0 spiro atoms. The number of carbonyl (C=O) groups excluding carboxylic acids is 2. The van der Waals surface area contributed by atoms with Crippen LogP contribution in [0, 0.1) is 0 Å². The molecule has 0 bridgehead atoms. The van der Waals surface area contributed by atoms with Crippen molar-refractivity contribution < 1.29 is 19.5 Å². The molecule has 0 unspecified atom stereocenters. The predicted molar refractivity (Wildman–Crippen MR) is 76.6 cm³/mol. The molecule has 108 valence electrons. The standard InChI is InChI=1S/C13H16N2O4S/c1-14-10(16)5-7-15(2)13(19)12-9(6-8-20-12)3-4-11(17)18/h3-4,6,8H,5,7H2,1-2H3,(H,14,16)(H,17,18)/b4-3+. The van der Waals surface area contributed by atoms with E-state index in [4.69, 9.17) is 5.11 Å². The monoisotopic (exact) mass is 296 g/mol. The number of hydrogen-bond donors (Lipinski definition) is 2. The molecular weight excluding hydrogens is 280 g/mol. The number of nitrogens with one attached hydrogen (secondary N) is 1. The van der Waals surface area contributed by atoms with E-state index < -0.39 is 5.97 Å². The number of carboxylic acid groups (broad SMARTS) is 1. The molecule has 0 aliphatic rings. The number of nitrogens with zero attached hydrogens (tertiary/aromatic N) is 1. The first kappa shape index (κ1) is 15.9. The third kappa shape index (κ3) is 4.51. The summed E-state index contributed by atoms with van der Waals surface area (Å²) >= 11 is 1.24. The molecule has 0 saturated carbocycles. The van der Waals surface area contributed by atoms with Gasteiger partial charge in [0, 0.05) is 33.1 Å². The number of carboxylic acids is 1. The lowest BCUT2D eigenvalue weighted by atomic mass is 10.2. The fraction of sp³-hybridized carbons (Fsp3) is 0.308. The van der Waals surface area contributed by atoms with Crippen LogP contribution in [0.4, 0.5) is 0 Å². The summed E-state index contributed by atoms with van der Waals surface area (Å²) in [6.07, 6.45) is 2.60. The van der Waals surface area contributed by atoms with Gasteiger partial charge >= 0.3 is 5.97 Å². The van der Waals surface area contributed by atoms with Gasteiger partial charge in [0.25, 0.3) is 5.91 Å². The topological polar surface area (TPSA) is 86.7 Å². The van der Waals surface area contributed by atoms with Crippen molar-refractivity contribution in [2.45, 2.75) is 6.42 Å². The van der Waals surface area contributed by atoms with Crippen molar-refractivity contribution in [2.24, 2.45) is 0 Å². The Balaban J connectivity index is 2.74. The Hall–Kier alpha value is -2.15. The van der Waals surface area contributed by atoms with Crippen molar-refractivity contribution in [1.82, 2.24) is 10.2 Å². The van der Waals surface area contributed by atoms with Crippen LogP contribution in [0.2, 0.25) is 0 Å². The molecule has 7 heteroatoms. The quantitative estimate of drug-likeness (QED) is 0.768. The lowest BCUT2D eigenvalue weighted by Crippen LogP contribution is -2.31. The van der Waals surface area contributed by atoms with Gasteiger partial charge in [-0.15, -0.1) is 11.3 Å². The molecule has 20 heavy (non-hydrogen) atoms. The summed E-state index contributed by atoms with van der Waals surface area (Å²) in [6, 6.07) is 1.68. The first-order chi connectivity index (χ1) is 9.45. The second kappa shape index (κ2) is 7.44. The SMILES string of the molecule is CNC(=O)CCN(C)C(=O)c1sccc1/C=C/C(=O)O. The highest BCUT2D eigenvalue weighted by atomic mass is 32.1. The Morgan fingerprint density at radius 1 is 1.45 bits per heavy atom. The summed E-state index contributed by atoms with van der Waals surface area (Å²) < 4.78 is 0. The van der Waals surface area contributed by atoms with Gasteiger partial charge in [-0.3, -0.25) is 9.59 Å². The molecule has 0 aliphatic carbocycles. The highest BCUT2D eigenvalue weighted by Crippen LogP contribution is 2.20. The Kier molecular flexibility index (Phi) is 5.92. The van der Waals surface area contributed by atoms with Gasteiger partial charge in [0.15, 0.2) is 0 Å². The molecule has 0 radical (unpaired) electrons. The molecule has 6 nitrogen and oxygen atoms in total. The van der Waals surface area contributed by atoms with Crippen LogP contribution in [0.1, 0.15) is 21.7 Å². The lowest BCUT2D eigenvalue weighted by molar-refractivity contribution is -0.131. The molecule has 1 rings (SSSR count). The van der Waals surface area contributed by atoms with Crippen molar-refractivity contribution in [3.8, 4) is 0 Å². The van der Waals surface area contributed by atoms with E-state index in [-0.39, 0.29) is 18.2 Å². The summed E-state index contributed by atoms with van der Waals surface area (Å²) in [5, 5.41) is 12.8. The first-order valence-corrected chi connectivity index (χ1v) is 6.78. The molecule has 0 fully saturated rings. The van der Waals surface area contributed by atoms with Crippen LogP contribution in [0.25, 0.3) is 6.08 Å². The van der Waals surface area contributed by atoms with Gasteiger partial charge in [-0.1, -0.05) is 0 Å². The molecule has 0 atom stereocenters. The van der Waals surface area contributed by atoms with Gasteiger partial charge in [-0.25, -0.2) is 4.79 Å². The van der Waals surface area contributed by atoms with E-state index in [2.05, 4.69) is 5.32 Å². The van der Waals surface area contributed by atoms with Crippen LogP contribution >= 0.6 is 11.3 Å². The van der Waals surface area contributed by atoms with Gasteiger partial charge < -0.3 is 15.3 Å². The van der Waals surface area contributed by atoms with E-state index in [0.717, 1.165) is 6.08 Å². The molecule has 2 amide bonds. The van der Waals surface area contributed by atoms with E-state index in [9.17, 15) is 14.4 Å². The minimum absolute atomic E-state index is 0.137. The molecule has 0 aromatic carbocycles. The number of thiophene rings is 1. The van der Waals surface area contributed by atoms with Gasteiger partial charge in [-0.05, 0) is 23.1 Å². The zero-order valence-electron chi connectivity index (χ0n) is 11.3. The van der Waals surface area contributed by atoms with Crippen molar-refractivity contribution in [1.29, 1.82) is 0 Å². The average Bonchev–Trinajstić information content (AvgIpc) is 2.89. The van der Waals surface area contributed by atoms with E-state index in [1.165, 1.54) is 29.4 Å². The molecule has 1 heterocycles. The van der Waals surface area contributed by atoms with Crippen LogP contribution in [0.5, 0.6) is 0 Å². The highest BCUT2D eigenvalue weighted by Gasteiger charge is 2.16. The van der Waals surface area contributed by atoms with Crippen LogP contribution in [-0.4, -0.2) is 48.4 Å². The largest absolute Gasteiger partial charge is 0.478 e. The maximum atomic E-state index is 12.2. The summed E-state index contributed by atoms with van der Waals surface area (Å²) in [5.41, 5.74) is 0.564. The maximum absolute atomic E-state index is 12.2. The predicted octanol–water partition coefficient (Wildman–Crippen LogP) is 1.05. The molecule has 2 N–H and O–H groups in total. The summed E-state index contributed by atoms with van der Waals surface area (Å²) in [5.74, 6) is -1.43. The van der Waals surface area contributed by atoms with E-state index in [0.29, 0.717) is 17.0 Å². The summed E-state index contributed by atoms with van der Waals surface area (Å²) in [4.78, 5) is 35.7. The van der Waals surface area contributed by atoms with Gasteiger partial charge in [0.05, 0.1) is 4.88 Å². The van der Waals surface area contributed by atoms with Crippen LogP contribution < -0.4 is 5.32 Å². The number of hydrogen-bond acceptors (Lipinski definition) is 4. The Labute approximate surface area is 120 Å². The zero-order valence-corrected chi connectivity index (χ0v) is 12.1. The normalized spacial score (nSPS) is 10.5. The molecule has 1 aromatic rings. The first-order valence-electron chi connectivity index (χ1n) is 5.90. The highest BCUT2D eigenvalue weighted by molar-refractivity contribution is 7.12. The van der Waals surface area contributed by atoms with E-state index in [1.807, 2.05) is 0 Å². The second-order valence-electron chi connectivity index (χ2n) is 4.03. The fourth-order valence-corrected chi connectivity index (χ4v) is 2.33.